The van der Waals surface area contributed by atoms with Gasteiger partial charge in [-0.15, -0.1) is 0 Å². The average Bonchev–Trinajstić information content (AvgIpc) is 2.52. The van der Waals surface area contributed by atoms with Crippen LogP contribution in [0, 0.1) is 11.8 Å². The van der Waals surface area contributed by atoms with E-state index in [4.69, 9.17) is 10.5 Å². The molecule has 0 radical (unpaired) electrons. The van der Waals surface area contributed by atoms with Crippen LogP contribution in [0.1, 0.15) is 25.7 Å². The predicted molar refractivity (Wildman–Crippen MR) is 81.9 cm³/mol. The Morgan fingerprint density at radius 1 is 1.29 bits per heavy atom. The molecule has 5 heteroatoms. The summed E-state index contributed by atoms with van der Waals surface area (Å²) in [4.78, 5) is 11.8. The maximum absolute atomic E-state index is 11.8. The molecule has 0 saturated heterocycles. The Balaban J connectivity index is 1.73. The molecule has 2 unspecified atom stereocenters. The number of hydrogen-bond acceptors (Lipinski definition) is 4. The minimum atomic E-state index is -0.152. The molecule has 0 heterocycles. The first-order valence-corrected chi connectivity index (χ1v) is 7.55. The van der Waals surface area contributed by atoms with Crippen molar-refractivity contribution in [1.82, 2.24) is 5.32 Å². The molecule has 21 heavy (non-hydrogen) atoms. The highest BCUT2D eigenvalue weighted by molar-refractivity contribution is 5.77. The van der Waals surface area contributed by atoms with Gasteiger partial charge in [-0.1, -0.05) is 25.0 Å². The van der Waals surface area contributed by atoms with Crippen molar-refractivity contribution in [3.05, 3.63) is 24.3 Å². The van der Waals surface area contributed by atoms with Gasteiger partial charge in [0, 0.05) is 13.2 Å². The number of nitrogens with one attached hydrogen (secondary N) is 1. The number of aliphatic hydroxyl groups is 1. The van der Waals surface area contributed by atoms with Crippen molar-refractivity contribution < 1.29 is 14.6 Å². The number of para-hydroxylation sites is 2. The van der Waals surface area contributed by atoms with Crippen molar-refractivity contribution in [3.63, 3.8) is 0 Å². The minimum absolute atomic E-state index is 0.0370. The van der Waals surface area contributed by atoms with Crippen LogP contribution < -0.4 is 15.8 Å². The molecule has 0 aliphatic heterocycles. The van der Waals surface area contributed by atoms with Crippen molar-refractivity contribution in [3.8, 4) is 5.75 Å². The van der Waals surface area contributed by atoms with Gasteiger partial charge >= 0.3 is 0 Å². The maximum Gasteiger partial charge on any atom is 0.257 e. The second-order valence-electron chi connectivity index (χ2n) is 5.62. The van der Waals surface area contributed by atoms with Gasteiger partial charge in [0.2, 0.25) is 0 Å². The monoisotopic (exact) mass is 292 g/mol. The van der Waals surface area contributed by atoms with Crippen molar-refractivity contribution in [2.24, 2.45) is 11.8 Å². The van der Waals surface area contributed by atoms with Gasteiger partial charge in [0.05, 0.1) is 5.69 Å². The van der Waals surface area contributed by atoms with Crippen molar-refractivity contribution in [2.75, 3.05) is 25.5 Å². The smallest absolute Gasteiger partial charge is 0.257 e. The highest BCUT2D eigenvalue weighted by atomic mass is 16.5. The first kappa shape index (κ1) is 15.6. The molecule has 0 bridgehead atoms. The summed E-state index contributed by atoms with van der Waals surface area (Å²) < 4.78 is 5.41. The highest BCUT2D eigenvalue weighted by Gasteiger charge is 2.24. The standard InChI is InChI=1S/C16H24N2O3/c17-14-7-3-4-8-15(14)21-11-16(20)18-9-12-5-1-2-6-13(12)10-19/h3-4,7-8,12-13,19H,1-2,5-6,9-11,17H2,(H,18,20). The summed E-state index contributed by atoms with van der Waals surface area (Å²) in [5.41, 5.74) is 6.28. The van der Waals surface area contributed by atoms with Crippen molar-refractivity contribution in [2.45, 2.75) is 25.7 Å². The lowest BCUT2D eigenvalue weighted by Gasteiger charge is -2.30. The SMILES string of the molecule is Nc1ccccc1OCC(=O)NCC1CCCCC1CO. The zero-order valence-corrected chi connectivity index (χ0v) is 12.3. The summed E-state index contributed by atoms with van der Waals surface area (Å²) in [5, 5.41) is 12.2. The lowest BCUT2D eigenvalue weighted by atomic mass is 9.79. The Morgan fingerprint density at radius 2 is 2.00 bits per heavy atom. The average molecular weight is 292 g/mol. The van der Waals surface area contributed by atoms with Crippen LogP contribution >= 0.6 is 0 Å². The number of anilines is 1. The Labute approximate surface area is 125 Å². The Bertz CT molecular complexity index is 465. The van der Waals surface area contributed by atoms with Crippen LogP contribution in [0.5, 0.6) is 5.75 Å². The van der Waals surface area contributed by atoms with Crippen LogP contribution in [0.25, 0.3) is 0 Å². The second kappa shape index (κ2) is 7.88. The zero-order chi connectivity index (χ0) is 15.1. The minimum Gasteiger partial charge on any atom is -0.482 e. The molecule has 116 valence electrons. The fraction of sp³-hybridized carbons (Fsp3) is 0.562. The van der Waals surface area contributed by atoms with Gasteiger partial charge in [-0.05, 0) is 36.8 Å². The van der Waals surface area contributed by atoms with E-state index in [1.54, 1.807) is 12.1 Å². The summed E-state index contributed by atoms with van der Waals surface area (Å²) in [5.74, 6) is 1.05. The number of benzene rings is 1. The van der Waals surface area contributed by atoms with Crippen molar-refractivity contribution >= 4 is 11.6 Å². The van der Waals surface area contributed by atoms with Crippen LogP contribution in [0.3, 0.4) is 0 Å². The first-order chi connectivity index (χ1) is 10.2. The van der Waals surface area contributed by atoms with Gasteiger partial charge in [-0.2, -0.15) is 0 Å². The van der Waals surface area contributed by atoms with E-state index >= 15 is 0 Å². The summed E-state index contributed by atoms with van der Waals surface area (Å²) in [6.45, 7) is 0.778. The van der Waals surface area contributed by atoms with Gasteiger partial charge in [0.15, 0.2) is 6.61 Å². The molecule has 1 fully saturated rings. The van der Waals surface area contributed by atoms with E-state index in [2.05, 4.69) is 5.32 Å². The molecule has 1 saturated carbocycles. The molecule has 1 aliphatic rings. The van der Waals surface area contributed by atoms with Gasteiger partial charge in [0.25, 0.3) is 5.91 Å². The van der Waals surface area contributed by atoms with E-state index in [-0.39, 0.29) is 19.1 Å². The van der Waals surface area contributed by atoms with E-state index in [1.165, 1.54) is 12.8 Å². The molecule has 1 aromatic rings. The number of hydrogen-bond donors (Lipinski definition) is 3. The molecular formula is C16H24N2O3. The Morgan fingerprint density at radius 3 is 2.71 bits per heavy atom. The van der Waals surface area contributed by atoms with Crippen LogP contribution in [-0.4, -0.2) is 30.8 Å². The van der Waals surface area contributed by atoms with E-state index in [1.807, 2.05) is 12.1 Å². The Kier molecular flexibility index (Phi) is 5.87. The number of nitrogen functional groups attached to an aromatic ring is 1. The first-order valence-electron chi connectivity index (χ1n) is 7.55. The molecule has 5 nitrogen and oxygen atoms in total. The number of ether oxygens (including phenoxy) is 1. The van der Waals surface area contributed by atoms with Crippen LogP contribution in [0.2, 0.25) is 0 Å². The topological polar surface area (TPSA) is 84.6 Å². The predicted octanol–water partition coefficient (Wildman–Crippen LogP) is 1.56. The third kappa shape index (κ3) is 4.63. The number of nitrogens with two attached hydrogens (primary N) is 1. The molecule has 0 spiro atoms. The van der Waals surface area contributed by atoms with Gasteiger partial charge in [0.1, 0.15) is 5.75 Å². The van der Waals surface area contributed by atoms with Crippen molar-refractivity contribution in [1.29, 1.82) is 0 Å². The third-order valence-corrected chi connectivity index (χ3v) is 4.14. The highest BCUT2D eigenvalue weighted by Crippen LogP contribution is 2.29. The molecule has 4 N–H and O–H groups in total. The van der Waals surface area contributed by atoms with E-state index in [9.17, 15) is 9.90 Å². The third-order valence-electron chi connectivity index (χ3n) is 4.14. The molecular weight excluding hydrogens is 268 g/mol. The lowest BCUT2D eigenvalue weighted by Crippen LogP contribution is -2.37. The molecule has 1 amide bonds. The van der Waals surface area contributed by atoms with Crippen LogP contribution in [0.15, 0.2) is 24.3 Å². The van der Waals surface area contributed by atoms with E-state index in [0.29, 0.717) is 29.8 Å². The number of rotatable bonds is 6. The summed E-state index contributed by atoms with van der Waals surface area (Å²) in [7, 11) is 0. The molecule has 2 rings (SSSR count). The molecule has 2 atom stereocenters. The van der Waals surface area contributed by atoms with Gasteiger partial charge in [-0.25, -0.2) is 0 Å². The largest absolute Gasteiger partial charge is 0.482 e. The molecule has 1 aromatic carbocycles. The number of carbonyl (C=O) groups excluding carboxylic acids is 1. The summed E-state index contributed by atoms with van der Waals surface area (Å²) >= 11 is 0. The normalized spacial score (nSPS) is 21.8. The van der Waals surface area contributed by atoms with E-state index < -0.39 is 0 Å². The van der Waals surface area contributed by atoms with Crippen LogP contribution in [0.4, 0.5) is 5.69 Å². The van der Waals surface area contributed by atoms with E-state index in [0.717, 1.165) is 12.8 Å². The summed E-state index contributed by atoms with van der Waals surface area (Å²) in [6, 6.07) is 7.12. The zero-order valence-electron chi connectivity index (χ0n) is 12.3. The van der Waals surface area contributed by atoms with Gasteiger partial charge < -0.3 is 20.9 Å². The molecule has 1 aliphatic carbocycles. The molecule has 0 aromatic heterocycles. The maximum atomic E-state index is 11.8. The fourth-order valence-corrected chi connectivity index (χ4v) is 2.84. The fourth-order valence-electron chi connectivity index (χ4n) is 2.84. The lowest BCUT2D eigenvalue weighted by molar-refractivity contribution is -0.123. The number of carbonyl (C=O) groups is 1. The number of aliphatic hydroxyl groups excluding tert-OH is 1. The number of amides is 1. The Hall–Kier alpha value is -1.75. The van der Waals surface area contributed by atoms with Crippen LogP contribution in [-0.2, 0) is 4.79 Å². The quantitative estimate of drug-likeness (QED) is 0.695. The van der Waals surface area contributed by atoms with Gasteiger partial charge in [-0.3, -0.25) is 4.79 Å². The summed E-state index contributed by atoms with van der Waals surface area (Å²) in [6.07, 6.45) is 4.46. The second-order valence-corrected chi connectivity index (χ2v) is 5.62.